The van der Waals surface area contributed by atoms with E-state index in [1.807, 2.05) is 25.1 Å². The van der Waals surface area contributed by atoms with Crippen LogP contribution in [0, 0.1) is 5.92 Å². The van der Waals surface area contributed by atoms with Crippen LogP contribution < -0.4 is 0 Å². The fourth-order valence-electron chi connectivity index (χ4n) is 2.60. The van der Waals surface area contributed by atoms with Crippen molar-refractivity contribution < 1.29 is 13.2 Å². The average molecular weight is 280 g/mol. The molecule has 3 nitrogen and oxygen atoms in total. The van der Waals surface area contributed by atoms with Crippen molar-refractivity contribution in [3.8, 4) is 0 Å². The SMILES string of the molecule is CCc1ccc(CC)c(C(=O)C2CCS(=O)(=O)C2)c1. The summed E-state index contributed by atoms with van der Waals surface area (Å²) in [6.07, 6.45) is 2.15. The van der Waals surface area contributed by atoms with E-state index in [0.717, 1.165) is 29.5 Å². The molecule has 0 N–H and O–H groups in total. The van der Waals surface area contributed by atoms with Gasteiger partial charge in [0.1, 0.15) is 0 Å². The van der Waals surface area contributed by atoms with Crippen molar-refractivity contribution in [1.82, 2.24) is 0 Å². The van der Waals surface area contributed by atoms with Crippen molar-refractivity contribution in [2.24, 2.45) is 5.92 Å². The summed E-state index contributed by atoms with van der Waals surface area (Å²) in [7, 11) is -3.00. The molecule has 1 aromatic rings. The maximum atomic E-state index is 12.5. The average Bonchev–Trinajstić information content (AvgIpc) is 2.77. The van der Waals surface area contributed by atoms with Crippen LogP contribution in [-0.4, -0.2) is 25.7 Å². The van der Waals surface area contributed by atoms with E-state index in [4.69, 9.17) is 0 Å². The minimum absolute atomic E-state index is 0.00762. The van der Waals surface area contributed by atoms with Gasteiger partial charge in [0.05, 0.1) is 11.5 Å². The Morgan fingerprint density at radius 3 is 2.53 bits per heavy atom. The highest BCUT2D eigenvalue weighted by Crippen LogP contribution is 2.25. The number of carbonyl (C=O) groups excluding carboxylic acids is 1. The normalized spacial score (nSPS) is 21.5. The Labute approximate surface area is 114 Å². The Hall–Kier alpha value is -1.16. The van der Waals surface area contributed by atoms with Crippen molar-refractivity contribution in [2.45, 2.75) is 33.1 Å². The van der Waals surface area contributed by atoms with Gasteiger partial charge in [-0.1, -0.05) is 26.0 Å². The Morgan fingerprint density at radius 2 is 2.00 bits per heavy atom. The fourth-order valence-corrected chi connectivity index (χ4v) is 4.34. The molecule has 1 aliphatic rings. The smallest absolute Gasteiger partial charge is 0.167 e. The fraction of sp³-hybridized carbons (Fsp3) is 0.533. The van der Waals surface area contributed by atoms with Gasteiger partial charge in [-0.3, -0.25) is 4.79 Å². The topological polar surface area (TPSA) is 51.2 Å². The molecule has 0 saturated carbocycles. The first-order chi connectivity index (χ1) is 8.96. The van der Waals surface area contributed by atoms with Crippen molar-refractivity contribution in [3.63, 3.8) is 0 Å². The molecular formula is C15H20O3S. The van der Waals surface area contributed by atoms with Crippen LogP contribution in [0.1, 0.15) is 41.8 Å². The Morgan fingerprint density at radius 1 is 1.26 bits per heavy atom. The summed E-state index contributed by atoms with van der Waals surface area (Å²) >= 11 is 0. The van der Waals surface area contributed by atoms with E-state index in [9.17, 15) is 13.2 Å². The Kier molecular flexibility index (Phi) is 4.09. The Balaban J connectivity index is 2.33. The van der Waals surface area contributed by atoms with Crippen LogP contribution in [0.4, 0.5) is 0 Å². The number of sulfone groups is 1. The lowest BCUT2D eigenvalue weighted by Gasteiger charge is -2.12. The molecule has 4 heteroatoms. The highest BCUT2D eigenvalue weighted by Gasteiger charge is 2.34. The van der Waals surface area contributed by atoms with E-state index >= 15 is 0 Å². The van der Waals surface area contributed by atoms with Crippen molar-refractivity contribution in [1.29, 1.82) is 0 Å². The van der Waals surface area contributed by atoms with Gasteiger partial charge in [0.2, 0.25) is 0 Å². The standard InChI is InChI=1S/C15H20O3S/c1-3-11-5-6-12(4-2)14(9-11)15(16)13-7-8-19(17,18)10-13/h5-6,9,13H,3-4,7-8,10H2,1-2H3. The van der Waals surface area contributed by atoms with Gasteiger partial charge in [0, 0.05) is 11.5 Å². The zero-order valence-electron chi connectivity index (χ0n) is 11.5. The third-order valence-corrected chi connectivity index (χ3v) is 5.60. The lowest BCUT2D eigenvalue weighted by atomic mass is 9.91. The molecule has 1 aliphatic heterocycles. The molecule has 0 amide bonds. The minimum Gasteiger partial charge on any atom is -0.294 e. The minimum atomic E-state index is -3.00. The molecule has 1 atom stereocenters. The van der Waals surface area contributed by atoms with Gasteiger partial charge >= 0.3 is 0 Å². The summed E-state index contributed by atoms with van der Waals surface area (Å²) in [5.74, 6) is -0.167. The molecule has 0 aromatic heterocycles. The van der Waals surface area contributed by atoms with Gasteiger partial charge in [-0.25, -0.2) is 8.42 Å². The Bertz CT molecular complexity index is 587. The lowest BCUT2D eigenvalue weighted by Crippen LogP contribution is -2.18. The van der Waals surface area contributed by atoms with Crippen LogP contribution in [0.25, 0.3) is 0 Å². The summed E-state index contributed by atoms with van der Waals surface area (Å²) in [5, 5.41) is 0. The van der Waals surface area contributed by atoms with Crippen LogP contribution in [0.5, 0.6) is 0 Å². The van der Waals surface area contributed by atoms with Crippen molar-refractivity contribution in [2.75, 3.05) is 11.5 Å². The van der Waals surface area contributed by atoms with E-state index in [0.29, 0.717) is 6.42 Å². The van der Waals surface area contributed by atoms with Gasteiger partial charge in [0.25, 0.3) is 0 Å². The predicted molar refractivity (Wildman–Crippen MR) is 76.3 cm³/mol. The number of aryl methyl sites for hydroxylation is 2. The van der Waals surface area contributed by atoms with E-state index in [-0.39, 0.29) is 23.2 Å². The molecule has 0 bridgehead atoms. The molecule has 1 aromatic carbocycles. The zero-order chi connectivity index (χ0) is 14.0. The summed E-state index contributed by atoms with van der Waals surface area (Å²) < 4.78 is 23.0. The summed E-state index contributed by atoms with van der Waals surface area (Å²) in [5.41, 5.74) is 2.87. The second-order valence-corrected chi connectivity index (χ2v) is 7.39. The molecule has 0 radical (unpaired) electrons. The number of rotatable bonds is 4. The second-order valence-electron chi connectivity index (χ2n) is 5.16. The molecular weight excluding hydrogens is 260 g/mol. The van der Waals surface area contributed by atoms with Crippen LogP contribution in [0.3, 0.4) is 0 Å². The third kappa shape index (κ3) is 3.06. The van der Waals surface area contributed by atoms with Crippen molar-refractivity contribution in [3.05, 3.63) is 34.9 Å². The molecule has 19 heavy (non-hydrogen) atoms. The van der Waals surface area contributed by atoms with Gasteiger partial charge in [-0.05, 0) is 36.5 Å². The number of hydrogen-bond acceptors (Lipinski definition) is 3. The predicted octanol–water partition coefficient (Wildman–Crippen LogP) is 2.43. The number of carbonyl (C=O) groups is 1. The zero-order valence-corrected chi connectivity index (χ0v) is 12.3. The lowest BCUT2D eigenvalue weighted by molar-refractivity contribution is 0.0932. The number of Topliss-reactive ketones (excluding diaryl/α,β-unsaturated/α-hetero) is 1. The van der Waals surface area contributed by atoms with Crippen LogP contribution in [0.2, 0.25) is 0 Å². The first kappa shape index (κ1) is 14.3. The molecule has 2 rings (SSSR count). The molecule has 1 saturated heterocycles. The molecule has 1 fully saturated rings. The maximum Gasteiger partial charge on any atom is 0.167 e. The van der Waals surface area contributed by atoms with E-state index in [2.05, 4.69) is 6.92 Å². The first-order valence-corrected chi connectivity index (χ1v) is 8.65. The molecule has 1 unspecified atom stereocenters. The van der Waals surface area contributed by atoms with Gasteiger partial charge in [-0.15, -0.1) is 0 Å². The van der Waals surface area contributed by atoms with E-state index < -0.39 is 9.84 Å². The summed E-state index contributed by atoms with van der Waals surface area (Å²) in [6, 6.07) is 5.97. The molecule has 104 valence electrons. The number of benzene rings is 1. The van der Waals surface area contributed by atoms with Gasteiger partial charge < -0.3 is 0 Å². The molecule has 0 aliphatic carbocycles. The number of hydrogen-bond donors (Lipinski definition) is 0. The quantitative estimate of drug-likeness (QED) is 0.796. The molecule has 0 spiro atoms. The summed E-state index contributed by atoms with van der Waals surface area (Å²) in [4.78, 5) is 12.5. The van der Waals surface area contributed by atoms with E-state index in [1.54, 1.807) is 0 Å². The third-order valence-electron chi connectivity index (χ3n) is 3.83. The maximum absolute atomic E-state index is 12.5. The monoisotopic (exact) mass is 280 g/mol. The van der Waals surface area contributed by atoms with Gasteiger partial charge in [-0.2, -0.15) is 0 Å². The van der Waals surface area contributed by atoms with Crippen LogP contribution in [0.15, 0.2) is 18.2 Å². The van der Waals surface area contributed by atoms with Crippen LogP contribution >= 0.6 is 0 Å². The van der Waals surface area contributed by atoms with E-state index in [1.165, 1.54) is 0 Å². The van der Waals surface area contributed by atoms with Gasteiger partial charge in [0.15, 0.2) is 15.6 Å². The van der Waals surface area contributed by atoms with Crippen molar-refractivity contribution >= 4 is 15.6 Å². The number of ketones is 1. The second kappa shape index (κ2) is 5.45. The largest absolute Gasteiger partial charge is 0.294 e. The summed E-state index contributed by atoms with van der Waals surface area (Å²) in [6.45, 7) is 4.07. The highest BCUT2D eigenvalue weighted by molar-refractivity contribution is 7.91. The first-order valence-electron chi connectivity index (χ1n) is 6.83. The van der Waals surface area contributed by atoms with Crippen LogP contribution in [-0.2, 0) is 22.7 Å². The highest BCUT2D eigenvalue weighted by atomic mass is 32.2. The molecule has 1 heterocycles.